The van der Waals surface area contributed by atoms with E-state index in [0.29, 0.717) is 5.25 Å². The van der Waals surface area contributed by atoms with Gasteiger partial charge in [0.2, 0.25) is 0 Å². The van der Waals surface area contributed by atoms with E-state index >= 15 is 0 Å². The summed E-state index contributed by atoms with van der Waals surface area (Å²) in [5.41, 5.74) is -0.761. The lowest BCUT2D eigenvalue weighted by molar-refractivity contribution is -0.116. The summed E-state index contributed by atoms with van der Waals surface area (Å²) in [5.74, 6) is -1.33. The standard InChI is InChI=1S/C16H21F2N3O3S/c1-24-10-2-3-12-13(7-10)25-15(20-12)14(22)19-9-6-11(18)16(23)21(8-9)5-4-17/h6,8,10,12-13,15,20H,2-5,7H2,1H3,(H,19,22). The molecule has 1 aliphatic carbocycles. The van der Waals surface area contributed by atoms with Gasteiger partial charge in [0.15, 0.2) is 5.82 Å². The molecule has 1 aliphatic heterocycles. The molecule has 4 unspecified atom stereocenters. The second kappa shape index (κ2) is 7.84. The van der Waals surface area contributed by atoms with Crippen LogP contribution in [-0.4, -0.2) is 47.0 Å². The largest absolute Gasteiger partial charge is 0.381 e. The minimum Gasteiger partial charge on any atom is -0.381 e. The summed E-state index contributed by atoms with van der Waals surface area (Å²) < 4.78 is 32.5. The molecule has 1 saturated heterocycles. The van der Waals surface area contributed by atoms with Crippen molar-refractivity contribution >= 4 is 23.4 Å². The van der Waals surface area contributed by atoms with Gasteiger partial charge in [-0.05, 0) is 19.3 Å². The first kappa shape index (κ1) is 18.3. The smallest absolute Gasteiger partial charge is 0.286 e. The van der Waals surface area contributed by atoms with Crippen LogP contribution < -0.4 is 16.2 Å². The lowest BCUT2D eigenvalue weighted by Crippen LogP contribution is -2.42. The number of pyridine rings is 1. The maximum Gasteiger partial charge on any atom is 0.286 e. The van der Waals surface area contributed by atoms with Crippen LogP contribution in [0.5, 0.6) is 0 Å². The van der Waals surface area contributed by atoms with Gasteiger partial charge in [0.1, 0.15) is 12.0 Å². The number of hydrogen-bond donors (Lipinski definition) is 2. The van der Waals surface area contributed by atoms with Crippen LogP contribution in [0.2, 0.25) is 0 Å². The lowest BCUT2D eigenvalue weighted by Gasteiger charge is -2.29. The van der Waals surface area contributed by atoms with Crippen molar-refractivity contribution in [2.24, 2.45) is 0 Å². The van der Waals surface area contributed by atoms with Gasteiger partial charge < -0.3 is 14.6 Å². The number of alkyl halides is 1. The van der Waals surface area contributed by atoms with E-state index in [1.54, 1.807) is 7.11 Å². The molecule has 9 heteroatoms. The van der Waals surface area contributed by atoms with Crippen molar-refractivity contribution in [1.82, 2.24) is 9.88 Å². The second-order valence-corrected chi connectivity index (χ2v) is 7.60. The Labute approximate surface area is 148 Å². The van der Waals surface area contributed by atoms with Crippen molar-refractivity contribution in [3.63, 3.8) is 0 Å². The fourth-order valence-electron chi connectivity index (χ4n) is 3.33. The summed E-state index contributed by atoms with van der Waals surface area (Å²) in [7, 11) is 1.70. The molecule has 0 spiro atoms. The molecule has 138 valence electrons. The fourth-order valence-corrected chi connectivity index (χ4v) is 4.84. The molecule has 1 amide bonds. The summed E-state index contributed by atoms with van der Waals surface area (Å²) in [5, 5.41) is 5.76. The number of rotatable bonds is 5. The van der Waals surface area contributed by atoms with Gasteiger partial charge in [0.05, 0.1) is 18.3 Å². The Morgan fingerprint density at radius 2 is 2.32 bits per heavy atom. The Balaban J connectivity index is 1.66. The van der Waals surface area contributed by atoms with E-state index in [1.807, 2.05) is 0 Å². The number of nitrogens with zero attached hydrogens (tertiary/aromatic N) is 1. The van der Waals surface area contributed by atoms with Crippen molar-refractivity contribution in [1.29, 1.82) is 0 Å². The van der Waals surface area contributed by atoms with Gasteiger partial charge in [-0.1, -0.05) is 0 Å². The third-order valence-corrected chi connectivity index (χ3v) is 6.12. The number of halogens is 2. The maximum absolute atomic E-state index is 13.7. The zero-order valence-corrected chi connectivity index (χ0v) is 14.7. The van der Waals surface area contributed by atoms with Crippen LogP contribution in [0.1, 0.15) is 19.3 Å². The molecule has 3 rings (SSSR count). The van der Waals surface area contributed by atoms with Crippen LogP contribution in [0.3, 0.4) is 0 Å². The molecule has 0 radical (unpaired) electrons. The van der Waals surface area contributed by atoms with E-state index in [2.05, 4.69) is 10.6 Å². The van der Waals surface area contributed by atoms with E-state index in [4.69, 9.17) is 4.74 Å². The Kier molecular flexibility index (Phi) is 5.75. The lowest BCUT2D eigenvalue weighted by atomic mass is 9.92. The number of fused-ring (bicyclic) bond motifs is 1. The molecule has 2 fully saturated rings. The highest BCUT2D eigenvalue weighted by molar-refractivity contribution is 8.01. The summed E-state index contributed by atoms with van der Waals surface area (Å²) >= 11 is 1.54. The average molecular weight is 373 g/mol. The number of methoxy groups -OCH3 is 1. The Bertz CT molecular complexity index is 700. The van der Waals surface area contributed by atoms with E-state index in [-0.39, 0.29) is 30.3 Å². The highest BCUT2D eigenvalue weighted by Gasteiger charge is 2.41. The number of nitrogens with one attached hydrogen (secondary N) is 2. The minimum atomic E-state index is -1.02. The summed E-state index contributed by atoms with van der Waals surface area (Å²) in [6, 6.07) is 1.21. The van der Waals surface area contributed by atoms with Gasteiger partial charge in [-0.25, -0.2) is 8.78 Å². The highest BCUT2D eigenvalue weighted by Crippen LogP contribution is 2.38. The number of carbonyl (C=O) groups excluding carboxylic acids is 1. The van der Waals surface area contributed by atoms with E-state index in [1.165, 1.54) is 18.0 Å². The van der Waals surface area contributed by atoms with Gasteiger partial charge in [0, 0.05) is 30.7 Å². The van der Waals surface area contributed by atoms with Crippen molar-refractivity contribution in [2.45, 2.75) is 48.6 Å². The molecule has 6 nitrogen and oxygen atoms in total. The molecular formula is C16H21F2N3O3S. The first-order valence-corrected chi connectivity index (χ1v) is 9.17. The highest BCUT2D eigenvalue weighted by atomic mass is 32.2. The molecular weight excluding hydrogens is 352 g/mol. The molecule has 1 aromatic rings. The number of ether oxygens (including phenoxy) is 1. The molecule has 2 heterocycles. The zero-order chi connectivity index (χ0) is 18.0. The molecule has 0 aromatic carbocycles. The molecule has 2 aliphatic rings. The maximum atomic E-state index is 13.7. The van der Waals surface area contributed by atoms with Gasteiger partial charge in [-0.2, -0.15) is 0 Å². The zero-order valence-electron chi connectivity index (χ0n) is 13.8. The van der Waals surface area contributed by atoms with Crippen LogP contribution in [0.15, 0.2) is 17.1 Å². The fraction of sp³-hybridized carbons (Fsp3) is 0.625. The minimum absolute atomic E-state index is 0.141. The number of hydrogen-bond acceptors (Lipinski definition) is 5. The van der Waals surface area contributed by atoms with Crippen molar-refractivity contribution in [2.75, 3.05) is 19.1 Å². The van der Waals surface area contributed by atoms with Gasteiger partial charge >= 0.3 is 0 Å². The van der Waals surface area contributed by atoms with E-state index in [9.17, 15) is 18.4 Å². The predicted octanol–water partition coefficient (Wildman–Crippen LogP) is 1.49. The SMILES string of the molecule is COC1CCC2NC(C(=O)Nc3cc(F)c(=O)n(CCF)c3)SC2C1. The Hall–Kier alpha value is -1.45. The average Bonchev–Trinajstić information content (AvgIpc) is 3.02. The number of aromatic nitrogens is 1. The Morgan fingerprint density at radius 1 is 1.52 bits per heavy atom. The Morgan fingerprint density at radius 3 is 3.04 bits per heavy atom. The van der Waals surface area contributed by atoms with Crippen LogP contribution in [-0.2, 0) is 16.1 Å². The van der Waals surface area contributed by atoms with Crippen LogP contribution in [0.4, 0.5) is 14.5 Å². The number of aryl methyl sites for hydroxylation is 1. The van der Waals surface area contributed by atoms with E-state index < -0.39 is 23.4 Å². The second-order valence-electron chi connectivity index (χ2n) is 6.25. The molecule has 4 atom stereocenters. The monoisotopic (exact) mass is 373 g/mol. The summed E-state index contributed by atoms with van der Waals surface area (Å²) in [6.45, 7) is -1.04. The topological polar surface area (TPSA) is 72.4 Å². The molecule has 25 heavy (non-hydrogen) atoms. The first-order chi connectivity index (χ1) is 12.0. The van der Waals surface area contributed by atoms with E-state index in [0.717, 1.165) is 29.9 Å². The molecule has 0 bridgehead atoms. The number of carbonyl (C=O) groups is 1. The molecule has 1 aromatic heterocycles. The van der Waals surface area contributed by atoms with Crippen LogP contribution in [0.25, 0.3) is 0 Å². The first-order valence-electron chi connectivity index (χ1n) is 8.23. The number of anilines is 1. The predicted molar refractivity (Wildman–Crippen MR) is 92.0 cm³/mol. The van der Waals surface area contributed by atoms with Crippen LogP contribution >= 0.6 is 11.8 Å². The summed E-state index contributed by atoms with van der Waals surface area (Å²) in [4.78, 5) is 24.0. The van der Waals surface area contributed by atoms with Crippen molar-refractivity contribution < 1.29 is 18.3 Å². The third kappa shape index (κ3) is 4.04. The van der Waals surface area contributed by atoms with Gasteiger partial charge in [-0.3, -0.25) is 14.9 Å². The number of thioether (sulfide) groups is 1. The number of amides is 1. The molecule has 2 N–H and O–H groups in total. The molecule has 1 saturated carbocycles. The third-order valence-electron chi connectivity index (χ3n) is 4.63. The summed E-state index contributed by atoms with van der Waals surface area (Å²) in [6.07, 6.45) is 4.26. The van der Waals surface area contributed by atoms with Crippen molar-refractivity contribution in [3.05, 3.63) is 28.4 Å². The van der Waals surface area contributed by atoms with Gasteiger partial charge in [0.25, 0.3) is 11.5 Å². The van der Waals surface area contributed by atoms with Gasteiger partial charge in [-0.15, -0.1) is 11.8 Å². The quantitative estimate of drug-likeness (QED) is 0.818. The van der Waals surface area contributed by atoms with Crippen LogP contribution in [0, 0.1) is 5.82 Å². The van der Waals surface area contributed by atoms with Crippen molar-refractivity contribution in [3.8, 4) is 0 Å². The normalized spacial score (nSPS) is 28.6.